The zero-order valence-electron chi connectivity index (χ0n) is 11.1. The van der Waals surface area contributed by atoms with E-state index in [0.29, 0.717) is 0 Å². The third-order valence-electron chi connectivity index (χ3n) is 4.12. The monoisotopic (exact) mass is 266 g/mol. The molecule has 0 saturated carbocycles. The van der Waals surface area contributed by atoms with Gasteiger partial charge < -0.3 is 5.32 Å². The highest BCUT2D eigenvalue weighted by molar-refractivity contribution is 5.85. The summed E-state index contributed by atoms with van der Waals surface area (Å²) in [5.74, 6) is 0.909. The van der Waals surface area contributed by atoms with Crippen LogP contribution in [0.3, 0.4) is 0 Å². The van der Waals surface area contributed by atoms with Gasteiger partial charge in [-0.25, -0.2) is 0 Å². The molecule has 0 bridgehead atoms. The van der Waals surface area contributed by atoms with Crippen LogP contribution in [0.5, 0.6) is 0 Å². The Morgan fingerprint density at radius 2 is 1.89 bits per heavy atom. The molecule has 3 heteroatoms. The topological polar surface area (TPSA) is 15.3 Å². The Morgan fingerprint density at radius 3 is 2.67 bits per heavy atom. The van der Waals surface area contributed by atoms with E-state index in [1.165, 1.54) is 51.1 Å². The lowest BCUT2D eigenvalue weighted by molar-refractivity contribution is 0.208. The molecule has 0 aromatic heterocycles. The molecule has 2 heterocycles. The number of rotatable bonds is 2. The van der Waals surface area contributed by atoms with Crippen molar-refractivity contribution >= 4 is 12.4 Å². The first-order valence-corrected chi connectivity index (χ1v) is 6.83. The molecule has 0 spiro atoms. The normalized spacial score (nSPS) is 20.5. The van der Waals surface area contributed by atoms with Gasteiger partial charge in [0.05, 0.1) is 0 Å². The molecule has 0 amide bonds. The molecule has 0 radical (unpaired) electrons. The van der Waals surface area contributed by atoms with E-state index in [-0.39, 0.29) is 12.4 Å². The van der Waals surface area contributed by atoms with Gasteiger partial charge in [0, 0.05) is 19.6 Å². The lowest BCUT2D eigenvalue weighted by Crippen LogP contribution is -2.34. The summed E-state index contributed by atoms with van der Waals surface area (Å²) >= 11 is 0. The van der Waals surface area contributed by atoms with Crippen LogP contribution >= 0.6 is 12.4 Å². The molecule has 0 aliphatic carbocycles. The quantitative estimate of drug-likeness (QED) is 0.886. The van der Waals surface area contributed by atoms with Crippen molar-refractivity contribution in [2.75, 3.05) is 19.6 Å². The summed E-state index contributed by atoms with van der Waals surface area (Å²) in [7, 11) is 0. The minimum absolute atomic E-state index is 0. The Hall–Kier alpha value is -0.570. The van der Waals surface area contributed by atoms with E-state index in [4.69, 9.17) is 0 Å². The standard InChI is InChI=1S/C15H22N2.ClH/c1-12-2-3-14-10-17(11-15(14)8-12)9-13-4-6-16-7-5-13;/h2-3,8,13,16H,4-7,9-11H2,1H3;1H. The van der Waals surface area contributed by atoms with Crippen molar-refractivity contribution in [3.05, 3.63) is 34.9 Å². The first kappa shape index (κ1) is 13.9. The molecule has 1 fully saturated rings. The molecule has 1 aromatic carbocycles. The highest BCUT2D eigenvalue weighted by Crippen LogP contribution is 2.25. The van der Waals surface area contributed by atoms with Gasteiger partial charge in [0.15, 0.2) is 0 Å². The third kappa shape index (κ3) is 3.05. The van der Waals surface area contributed by atoms with Gasteiger partial charge in [0.1, 0.15) is 0 Å². The van der Waals surface area contributed by atoms with Gasteiger partial charge in [-0.15, -0.1) is 12.4 Å². The predicted molar refractivity (Wildman–Crippen MR) is 78.1 cm³/mol. The van der Waals surface area contributed by atoms with Gasteiger partial charge in [-0.1, -0.05) is 23.8 Å². The van der Waals surface area contributed by atoms with E-state index < -0.39 is 0 Å². The fourth-order valence-corrected chi connectivity index (χ4v) is 3.15. The highest BCUT2D eigenvalue weighted by Gasteiger charge is 2.22. The largest absolute Gasteiger partial charge is 0.317 e. The smallest absolute Gasteiger partial charge is 0.0240 e. The van der Waals surface area contributed by atoms with Gasteiger partial charge in [-0.2, -0.15) is 0 Å². The number of fused-ring (bicyclic) bond motifs is 1. The number of nitrogens with zero attached hydrogens (tertiary/aromatic N) is 1. The van der Waals surface area contributed by atoms with Crippen LogP contribution in [0.15, 0.2) is 18.2 Å². The summed E-state index contributed by atoms with van der Waals surface area (Å²) in [5.41, 5.74) is 4.50. The summed E-state index contributed by atoms with van der Waals surface area (Å²) in [5, 5.41) is 3.45. The molecule has 3 rings (SSSR count). The first-order chi connectivity index (χ1) is 8.31. The Labute approximate surface area is 116 Å². The van der Waals surface area contributed by atoms with Crippen LogP contribution in [0, 0.1) is 12.8 Å². The van der Waals surface area contributed by atoms with E-state index in [2.05, 4.69) is 35.3 Å². The summed E-state index contributed by atoms with van der Waals surface area (Å²) in [6.07, 6.45) is 2.71. The summed E-state index contributed by atoms with van der Waals surface area (Å²) < 4.78 is 0. The second kappa shape index (κ2) is 6.05. The Morgan fingerprint density at radius 1 is 1.17 bits per heavy atom. The van der Waals surface area contributed by atoms with Crippen LogP contribution in [-0.2, 0) is 13.1 Å². The van der Waals surface area contributed by atoms with E-state index in [0.717, 1.165) is 5.92 Å². The van der Waals surface area contributed by atoms with Gasteiger partial charge in [-0.05, 0) is 49.9 Å². The molecule has 18 heavy (non-hydrogen) atoms. The van der Waals surface area contributed by atoms with Gasteiger partial charge >= 0.3 is 0 Å². The van der Waals surface area contributed by atoms with Crippen LogP contribution in [0.25, 0.3) is 0 Å². The second-order valence-corrected chi connectivity index (χ2v) is 5.64. The lowest BCUT2D eigenvalue weighted by atomic mass is 9.98. The number of benzene rings is 1. The Bertz CT molecular complexity index is 399. The van der Waals surface area contributed by atoms with E-state index in [1.54, 1.807) is 11.1 Å². The van der Waals surface area contributed by atoms with E-state index in [9.17, 15) is 0 Å². The van der Waals surface area contributed by atoms with Crippen LogP contribution in [-0.4, -0.2) is 24.5 Å². The van der Waals surface area contributed by atoms with Gasteiger partial charge in [0.25, 0.3) is 0 Å². The van der Waals surface area contributed by atoms with Crippen molar-refractivity contribution in [3.63, 3.8) is 0 Å². The van der Waals surface area contributed by atoms with Crippen molar-refractivity contribution in [1.82, 2.24) is 10.2 Å². The minimum Gasteiger partial charge on any atom is -0.317 e. The Kier molecular flexibility index (Phi) is 4.66. The third-order valence-corrected chi connectivity index (χ3v) is 4.12. The number of piperidine rings is 1. The van der Waals surface area contributed by atoms with Gasteiger partial charge in [-0.3, -0.25) is 4.90 Å². The summed E-state index contributed by atoms with van der Waals surface area (Å²) in [6, 6.07) is 6.91. The highest BCUT2D eigenvalue weighted by atomic mass is 35.5. The fourth-order valence-electron chi connectivity index (χ4n) is 3.15. The molecule has 2 nitrogen and oxygen atoms in total. The van der Waals surface area contributed by atoms with Crippen LogP contribution in [0.2, 0.25) is 0 Å². The van der Waals surface area contributed by atoms with Crippen molar-refractivity contribution in [2.45, 2.75) is 32.9 Å². The number of hydrogen-bond donors (Lipinski definition) is 1. The molecule has 2 aliphatic rings. The summed E-state index contributed by atoms with van der Waals surface area (Å²) in [4.78, 5) is 2.63. The average molecular weight is 267 g/mol. The molecule has 1 saturated heterocycles. The molecule has 0 atom stereocenters. The number of nitrogens with one attached hydrogen (secondary N) is 1. The first-order valence-electron chi connectivity index (χ1n) is 6.83. The number of aryl methyl sites for hydroxylation is 1. The Balaban J connectivity index is 0.00000120. The van der Waals surface area contributed by atoms with Crippen LogP contribution in [0.4, 0.5) is 0 Å². The van der Waals surface area contributed by atoms with Crippen molar-refractivity contribution in [3.8, 4) is 0 Å². The SMILES string of the molecule is Cc1ccc2c(c1)CN(CC1CCNCC1)C2.Cl. The lowest BCUT2D eigenvalue weighted by Gasteiger charge is -2.27. The second-order valence-electron chi connectivity index (χ2n) is 5.64. The van der Waals surface area contributed by atoms with E-state index >= 15 is 0 Å². The molecule has 100 valence electrons. The zero-order chi connectivity index (χ0) is 11.7. The molecular formula is C15H23ClN2. The summed E-state index contributed by atoms with van der Waals surface area (Å²) in [6.45, 7) is 8.24. The predicted octanol–water partition coefficient (Wildman–Crippen LogP) is 2.73. The molecular weight excluding hydrogens is 244 g/mol. The van der Waals surface area contributed by atoms with Gasteiger partial charge in [0.2, 0.25) is 0 Å². The maximum Gasteiger partial charge on any atom is 0.0240 e. The molecule has 1 aromatic rings. The zero-order valence-corrected chi connectivity index (χ0v) is 11.9. The number of halogens is 1. The van der Waals surface area contributed by atoms with Crippen molar-refractivity contribution in [2.24, 2.45) is 5.92 Å². The molecule has 2 aliphatic heterocycles. The van der Waals surface area contributed by atoms with E-state index in [1.807, 2.05) is 0 Å². The molecule has 1 N–H and O–H groups in total. The number of hydrogen-bond acceptors (Lipinski definition) is 2. The molecule has 0 unspecified atom stereocenters. The van der Waals surface area contributed by atoms with Crippen LogP contribution in [0.1, 0.15) is 29.5 Å². The fraction of sp³-hybridized carbons (Fsp3) is 0.600. The average Bonchev–Trinajstić information content (AvgIpc) is 2.71. The van der Waals surface area contributed by atoms with Crippen molar-refractivity contribution in [1.29, 1.82) is 0 Å². The minimum atomic E-state index is 0. The van der Waals surface area contributed by atoms with Crippen molar-refractivity contribution < 1.29 is 0 Å². The maximum absolute atomic E-state index is 3.45. The van der Waals surface area contributed by atoms with Crippen LogP contribution < -0.4 is 5.32 Å². The maximum atomic E-state index is 3.45.